The molecule has 7 nitrogen and oxygen atoms in total. The molecular formula is C25H22ClN3O4S. The molecule has 1 fully saturated rings. The predicted octanol–water partition coefficient (Wildman–Crippen LogP) is 4.69. The molecule has 0 unspecified atom stereocenters. The summed E-state index contributed by atoms with van der Waals surface area (Å²) >= 11 is 6.27. The van der Waals surface area contributed by atoms with Crippen LogP contribution in [0.25, 0.3) is 0 Å². The van der Waals surface area contributed by atoms with Crippen molar-refractivity contribution in [2.45, 2.75) is 24.2 Å². The number of nitrogens with zero attached hydrogens (tertiary/aromatic N) is 1. The lowest BCUT2D eigenvalue weighted by molar-refractivity contribution is -0.117. The maximum absolute atomic E-state index is 13.4. The molecule has 1 heterocycles. The Kier molecular flexibility index (Phi) is 5.79. The number of hydrogen-bond donors (Lipinski definition) is 2. The van der Waals surface area contributed by atoms with Crippen LogP contribution in [0.3, 0.4) is 0 Å². The Bertz CT molecular complexity index is 1400. The summed E-state index contributed by atoms with van der Waals surface area (Å²) in [7, 11) is -3.96. The molecule has 5 rings (SSSR count). The highest BCUT2D eigenvalue weighted by atomic mass is 35.5. The Balaban J connectivity index is 1.38. The Morgan fingerprint density at radius 1 is 0.912 bits per heavy atom. The second-order valence-corrected chi connectivity index (χ2v) is 10.6. The molecule has 2 N–H and O–H groups in total. The average molecular weight is 496 g/mol. The number of amides is 2. The van der Waals surface area contributed by atoms with Gasteiger partial charge in [0.25, 0.3) is 15.9 Å². The van der Waals surface area contributed by atoms with Crippen molar-refractivity contribution in [1.82, 2.24) is 0 Å². The van der Waals surface area contributed by atoms with Gasteiger partial charge in [-0.25, -0.2) is 8.42 Å². The standard InChI is InChI=1S/C25H22ClN3O4S/c26-21-11-10-18(14-23(21)34(32,33)29-13-12-16-4-1-2-7-22(16)29)25(31)28-20-6-3-5-19(15-20)27-24(30)17-8-9-17/h1-7,10-11,14-15,17H,8-9,12-13H2,(H,27,30)(H,28,31). The first-order valence-electron chi connectivity index (χ1n) is 11.0. The van der Waals surface area contributed by atoms with E-state index in [2.05, 4.69) is 10.6 Å². The first kappa shape index (κ1) is 22.4. The number of hydrogen-bond acceptors (Lipinski definition) is 4. The van der Waals surface area contributed by atoms with Gasteiger partial charge >= 0.3 is 0 Å². The van der Waals surface area contributed by atoms with Gasteiger partial charge in [-0.3, -0.25) is 13.9 Å². The van der Waals surface area contributed by atoms with Gasteiger partial charge in [-0.2, -0.15) is 0 Å². The van der Waals surface area contributed by atoms with E-state index >= 15 is 0 Å². The van der Waals surface area contributed by atoms with Gasteiger partial charge in [0.2, 0.25) is 5.91 Å². The van der Waals surface area contributed by atoms with Gasteiger partial charge in [-0.1, -0.05) is 35.9 Å². The first-order chi connectivity index (χ1) is 16.3. The van der Waals surface area contributed by atoms with Gasteiger partial charge in [-0.05, 0) is 67.3 Å². The van der Waals surface area contributed by atoms with Gasteiger partial charge in [0, 0.05) is 29.4 Å². The van der Waals surface area contributed by atoms with Crippen molar-refractivity contribution < 1.29 is 18.0 Å². The number of para-hydroxylation sites is 1. The molecule has 0 aromatic heterocycles. The zero-order valence-electron chi connectivity index (χ0n) is 18.1. The van der Waals surface area contributed by atoms with Crippen molar-refractivity contribution in [3.8, 4) is 0 Å². The summed E-state index contributed by atoms with van der Waals surface area (Å²) in [4.78, 5) is 24.8. The van der Waals surface area contributed by atoms with Crippen molar-refractivity contribution in [3.63, 3.8) is 0 Å². The first-order valence-corrected chi connectivity index (χ1v) is 12.8. The van der Waals surface area contributed by atoms with E-state index in [0.29, 0.717) is 30.0 Å². The Morgan fingerprint density at radius 2 is 1.65 bits per heavy atom. The summed E-state index contributed by atoms with van der Waals surface area (Å²) < 4.78 is 28.2. The maximum Gasteiger partial charge on any atom is 0.265 e. The van der Waals surface area contributed by atoms with Crippen molar-refractivity contribution >= 4 is 50.5 Å². The Morgan fingerprint density at radius 3 is 2.41 bits per heavy atom. The third kappa shape index (κ3) is 4.38. The molecule has 0 atom stereocenters. The zero-order chi connectivity index (χ0) is 23.9. The van der Waals surface area contributed by atoms with E-state index in [1.165, 1.54) is 22.5 Å². The molecule has 34 heavy (non-hydrogen) atoms. The van der Waals surface area contributed by atoms with E-state index in [9.17, 15) is 18.0 Å². The third-order valence-electron chi connectivity index (χ3n) is 5.94. The highest BCUT2D eigenvalue weighted by molar-refractivity contribution is 7.93. The lowest BCUT2D eigenvalue weighted by atomic mass is 10.2. The van der Waals surface area contributed by atoms with Crippen LogP contribution < -0.4 is 14.9 Å². The molecule has 1 saturated carbocycles. The summed E-state index contributed by atoms with van der Waals surface area (Å²) in [6.07, 6.45) is 2.40. The number of carbonyl (C=O) groups is 2. The number of sulfonamides is 1. The van der Waals surface area contributed by atoms with Gasteiger partial charge in [-0.15, -0.1) is 0 Å². The molecule has 1 aliphatic heterocycles. The zero-order valence-corrected chi connectivity index (χ0v) is 19.7. The topological polar surface area (TPSA) is 95.6 Å². The van der Waals surface area contributed by atoms with Crippen LogP contribution >= 0.6 is 11.6 Å². The van der Waals surface area contributed by atoms with Crippen molar-refractivity contribution in [2.24, 2.45) is 5.92 Å². The number of anilines is 3. The van der Waals surface area contributed by atoms with Crippen LogP contribution in [0, 0.1) is 5.92 Å². The van der Waals surface area contributed by atoms with Crippen LogP contribution in [-0.2, 0) is 21.2 Å². The number of carbonyl (C=O) groups excluding carboxylic acids is 2. The maximum atomic E-state index is 13.4. The highest BCUT2D eigenvalue weighted by Crippen LogP contribution is 2.35. The van der Waals surface area contributed by atoms with Crippen molar-refractivity contribution in [3.05, 3.63) is 82.9 Å². The summed E-state index contributed by atoms with van der Waals surface area (Å²) in [5, 5.41) is 5.65. The fourth-order valence-electron chi connectivity index (χ4n) is 3.99. The predicted molar refractivity (Wildman–Crippen MR) is 132 cm³/mol. The molecule has 3 aromatic rings. The fraction of sp³-hybridized carbons (Fsp3) is 0.200. The van der Waals surface area contributed by atoms with E-state index < -0.39 is 15.9 Å². The molecule has 1 aliphatic carbocycles. The van der Waals surface area contributed by atoms with E-state index in [-0.39, 0.29) is 27.3 Å². The van der Waals surface area contributed by atoms with Crippen LogP contribution in [0.15, 0.2) is 71.6 Å². The molecular weight excluding hydrogens is 474 g/mol. The fourth-order valence-corrected chi connectivity index (χ4v) is 5.99. The highest BCUT2D eigenvalue weighted by Gasteiger charge is 2.33. The quantitative estimate of drug-likeness (QED) is 0.518. The molecule has 3 aromatic carbocycles. The summed E-state index contributed by atoms with van der Waals surface area (Å²) in [6.45, 7) is 0.313. The van der Waals surface area contributed by atoms with E-state index in [4.69, 9.17) is 11.6 Å². The van der Waals surface area contributed by atoms with Crippen LogP contribution in [0.5, 0.6) is 0 Å². The number of halogens is 1. The SMILES string of the molecule is O=C(Nc1cccc(NC(=O)C2CC2)c1)c1ccc(Cl)c(S(=O)(=O)N2CCc3ccccc32)c1. The normalized spacial score (nSPS) is 15.0. The number of fused-ring (bicyclic) bond motifs is 1. The molecule has 9 heteroatoms. The minimum Gasteiger partial charge on any atom is -0.326 e. The third-order valence-corrected chi connectivity index (χ3v) is 8.24. The molecule has 0 radical (unpaired) electrons. The van der Waals surface area contributed by atoms with Gasteiger partial charge < -0.3 is 10.6 Å². The van der Waals surface area contributed by atoms with Crippen LogP contribution in [0.4, 0.5) is 17.1 Å². The van der Waals surface area contributed by atoms with Gasteiger partial charge in [0.1, 0.15) is 4.90 Å². The van der Waals surface area contributed by atoms with Crippen LogP contribution in [-0.4, -0.2) is 26.8 Å². The lowest BCUT2D eigenvalue weighted by Gasteiger charge is -2.20. The summed E-state index contributed by atoms with van der Waals surface area (Å²) in [6, 6.07) is 18.3. The minimum atomic E-state index is -3.96. The van der Waals surface area contributed by atoms with Gasteiger partial charge in [0.05, 0.1) is 10.7 Å². The largest absolute Gasteiger partial charge is 0.326 e. The van der Waals surface area contributed by atoms with Crippen molar-refractivity contribution in [1.29, 1.82) is 0 Å². The molecule has 0 bridgehead atoms. The molecule has 0 saturated heterocycles. The van der Waals surface area contributed by atoms with Crippen LogP contribution in [0.2, 0.25) is 5.02 Å². The van der Waals surface area contributed by atoms with Crippen molar-refractivity contribution in [2.75, 3.05) is 21.5 Å². The van der Waals surface area contributed by atoms with E-state index in [1.54, 1.807) is 36.4 Å². The average Bonchev–Trinajstić information content (AvgIpc) is 3.58. The Hall–Kier alpha value is -3.36. The molecule has 2 amide bonds. The smallest absolute Gasteiger partial charge is 0.265 e. The molecule has 0 spiro atoms. The Labute approximate surface area is 202 Å². The molecule has 2 aliphatic rings. The number of benzene rings is 3. The summed E-state index contributed by atoms with van der Waals surface area (Å²) in [5.41, 5.74) is 2.79. The lowest BCUT2D eigenvalue weighted by Crippen LogP contribution is -2.29. The summed E-state index contributed by atoms with van der Waals surface area (Å²) in [5.74, 6) is -0.449. The molecule has 174 valence electrons. The number of rotatable bonds is 6. The minimum absolute atomic E-state index is 0.0282. The van der Waals surface area contributed by atoms with E-state index in [1.807, 2.05) is 12.1 Å². The van der Waals surface area contributed by atoms with Gasteiger partial charge in [0.15, 0.2) is 0 Å². The monoisotopic (exact) mass is 495 g/mol. The second-order valence-electron chi connectivity index (χ2n) is 8.40. The second kappa shape index (κ2) is 8.77. The van der Waals surface area contributed by atoms with Crippen LogP contribution in [0.1, 0.15) is 28.8 Å². The number of nitrogens with one attached hydrogen (secondary N) is 2. The van der Waals surface area contributed by atoms with E-state index in [0.717, 1.165) is 18.4 Å².